The lowest BCUT2D eigenvalue weighted by molar-refractivity contribution is 0.102. The monoisotopic (exact) mass is 584 g/mol. The molecule has 6 rings (SSSR count). The summed E-state index contributed by atoms with van der Waals surface area (Å²) in [5.41, 5.74) is -0.468. The number of amides is 1. The van der Waals surface area contributed by atoms with Gasteiger partial charge in [0.2, 0.25) is 5.95 Å². The highest BCUT2D eigenvalue weighted by molar-refractivity contribution is 6.31. The second-order valence-corrected chi connectivity index (χ2v) is 10.6. The Labute approximate surface area is 237 Å². The zero-order valence-corrected chi connectivity index (χ0v) is 22.4. The van der Waals surface area contributed by atoms with Crippen LogP contribution < -0.4 is 10.2 Å². The summed E-state index contributed by atoms with van der Waals surface area (Å²) in [5, 5.41) is 16.7. The van der Waals surface area contributed by atoms with Gasteiger partial charge in [0.15, 0.2) is 5.82 Å². The lowest BCUT2D eigenvalue weighted by Crippen LogP contribution is -2.41. The van der Waals surface area contributed by atoms with Gasteiger partial charge in [-0.15, -0.1) is 0 Å². The van der Waals surface area contributed by atoms with Gasteiger partial charge in [0, 0.05) is 41.8 Å². The Bertz CT molecular complexity index is 1600. The summed E-state index contributed by atoms with van der Waals surface area (Å²) in [5.74, 6) is -0.0880. The van der Waals surface area contributed by atoms with E-state index >= 15 is 0 Å². The molecule has 10 nitrogen and oxygen atoms in total. The standard InChI is InChI=1S/C27H24ClF3N8O2/c1-13(40)24-18-4-15(18)11-39(24)27-33-5-14(6-34-27)10-38-12-16(7-35-38)36-26(41)21-9-32-8-20(37-21)22-17(25(30)31)2-3-19(28)23(22)29/h2-3,5-9,12-13,15,18,24-25,40H,4,10-11H2,1H3,(H,36,41)/t13-,15+,18+,24+/m1/s1. The third-order valence-corrected chi connectivity index (χ3v) is 7.66. The summed E-state index contributed by atoms with van der Waals surface area (Å²) in [6.45, 7) is 2.98. The number of hydrogen-bond donors (Lipinski definition) is 2. The molecule has 1 aliphatic heterocycles. The average Bonchev–Trinajstić information content (AvgIpc) is 3.38. The molecule has 4 heterocycles. The fraction of sp³-hybridized carbons (Fsp3) is 0.333. The molecule has 0 bridgehead atoms. The molecule has 3 aromatic heterocycles. The van der Waals surface area contributed by atoms with Gasteiger partial charge in [-0.1, -0.05) is 17.7 Å². The fourth-order valence-electron chi connectivity index (χ4n) is 5.42. The maximum atomic E-state index is 14.7. The topological polar surface area (TPSA) is 122 Å². The van der Waals surface area contributed by atoms with Crippen molar-refractivity contribution in [2.75, 3.05) is 16.8 Å². The van der Waals surface area contributed by atoms with E-state index in [9.17, 15) is 23.1 Å². The van der Waals surface area contributed by atoms with Gasteiger partial charge in [0.25, 0.3) is 12.3 Å². The SMILES string of the molecule is C[C@@H](O)[C@H]1[C@H]2C[C@H]2CN1c1ncc(Cn2cc(NC(=O)c3cncc(-c4c(C(F)F)ccc(Cl)c4F)n3)cn2)cn1. The van der Waals surface area contributed by atoms with Crippen LogP contribution in [0.4, 0.5) is 24.8 Å². The molecule has 1 aliphatic carbocycles. The number of anilines is 2. The number of aromatic nitrogens is 6. The highest BCUT2D eigenvalue weighted by Crippen LogP contribution is 2.51. The summed E-state index contributed by atoms with van der Waals surface area (Å²) >= 11 is 5.80. The molecule has 1 saturated carbocycles. The number of carbonyl (C=O) groups is 1. The number of aliphatic hydroxyl groups excluding tert-OH is 1. The van der Waals surface area contributed by atoms with Crippen LogP contribution >= 0.6 is 11.6 Å². The van der Waals surface area contributed by atoms with Gasteiger partial charge in [0.1, 0.15) is 5.69 Å². The predicted octanol–water partition coefficient (Wildman–Crippen LogP) is 4.37. The number of rotatable bonds is 8. The first-order valence-electron chi connectivity index (χ1n) is 12.9. The average molecular weight is 585 g/mol. The van der Waals surface area contributed by atoms with Gasteiger partial charge in [-0.05, 0) is 31.2 Å². The molecule has 4 atom stereocenters. The Balaban J connectivity index is 1.13. The van der Waals surface area contributed by atoms with Crippen LogP contribution in [-0.4, -0.2) is 59.4 Å². The number of aliphatic hydroxyl groups is 1. The smallest absolute Gasteiger partial charge is 0.275 e. The number of nitrogens with zero attached hydrogens (tertiary/aromatic N) is 7. The van der Waals surface area contributed by atoms with Crippen LogP contribution in [0.3, 0.4) is 0 Å². The molecule has 2 N–H and O–H groups in total. The second-order valence-electron chi connectivity index (χ2n) is 10.2. The number of carbonyl (C=O) groups excluding carboxylic acids is 1. The van der Waals surface area contributed by atoms with Crippen molar-refractivity contribution in [2.24, 2.45) is 11.8 Å². The number of nitrogens with one attached hydrogen (secondary N) is 1. The molecule has 14 heteroatoms. The van der Waals surface area contributed by atoms with Gasteiger partial charge in [0.05, 0.1) is 53.7 Å². The van der Waals surface area contributed by atoms with Crippen molar-refractivity contribution in [1.29, 1.82) is 0 Å². The molecule has 1 saturated heterocycles. The Kier molecular flexibility index (Phi) is 7.08. The summed E-state index contributed by atoms with van der Waals surface area (Å²) in [4.78, 5) is 31.8. The van der Waals surface area contributed by atoms with E-state index in [2.05, 4.69) is 35.3 Å². The molecule has 212 valence electrons. The van der Waals surface area contributed by atoms with Crippen LogP contribution in [0.25, 0.3) is 11.3 Å². The molecule has 1 aromatic carbocycles. The minimum absolute atomic E-state index is 0.0318. The predicted molar refractivity (Wildman–Crippen MR) is 143 cm³/mol. The first kappa shape index (κ1) is 27.1. The molecule has 4 aromatic rings. The number of benzene rings is 1. The fourth-order valence-corrected chi connectivity index (χ4v) is 5.57. The Morgan fingerprint density at radius 2 is 1.98 bits per heavy atom. The van der Waals surface area contributed by atoms with E-state index in [1.54, 1.807) is 30.2 Å². The Hall–Kier alpha value is -4.10. The largest absolute Gasteiger partial charge is 0.391 e. The van der Waals surface area contributed by atoms with Crippen molar-refractivity contribution in [1.82, 2.24) is 29.7 Å². The molecule has 2 fully saturated rings. The Morgan fingerprint density at radius 3 is 2.71 bits per heavy atom. The summed E-state index contributed by atoms with van der Waals surface area (Å²) in [6.07, 6.45) is 6.33. The van der Waals surface area contributed by atoms with Crippen LogP contribution in [-0.2, 0) is 6.54 Å². The molecular formula is C27H24ClF3N8O2. The third kappa shape index (κ3) is 5.34. The van der Waals surface area contributed by atoms with Crippen molar-refractivity contribution < 1.29 is 23.1 Å². The highest BCUT2D eigenvalue weighted by atomic mass is 35.5. The van der Waals surface area contributed by atoms with E-state index in [1.807, 2.05) is 0 Å². The number of fused-ring (bicyclic) bond motifs is 1. The van der Waals surface area contributed by atoms with Gasteiger partial charge >= 0.3 is 0 Å². The molecule has 0 spiro atoms. The van der Waals surface area contributed by atoms with Gasteiger partial charge in [-0.2, -0.15) is 5.10 Å². The van der Waals surface area contributed by atoms with E-state index in [4.69, 9.17) is 11.6 Å². The van der Waals surface area contributed by atoms with E-state index in [0.29, 0.717) is 30.0 Å². The summed E-state index contributed by atoms with van der Waals surface area (Å²) in [7, 11) is 0. The van der Waals surface area contributed by atoms with Gasteiger partial charge in [-0.3, -0.25) is 14.5 Å². The second kappa shape index (κ2) is 10.7. The lowest BCUT2D eigenvalue weighted by Gasteiger charge is -2.29. The van der Waals surface area contributed by atoms with E-state index in [1.165, 1.54) is 6.20 Å². The van der Waals surface area contributed by atoms with Crippen molar-refractivity contribution in [3.63, 3.8) is 0 Å². The number of hydrogen-bond acceptors (Lipinski definition) is 8. The van der Waals surface area contributed by atoms with Crippen molar-refractivity contribution >= 4 is 29.1 Å². The minimum atomic E-state index is -2.99. The molecule has 0 unspecified atom stereocenters. The zero-order chi connectivity index (χ0) is 28.8. The van der Waals surface area contributed by atoms with Crippen LogP contribution in [0.5, 0.6) is 0 Å². The Morgan fingerprint density at radius 1 is 1.20 bits per heavy atom. The normalized spacial score (nSPS) is 20.3. The molecule has 41 heavy (non-hydrogen) atoms. The molecule has 2 aliphatic rings. The quantitative estimate of drug-likeness (QED) is 0.313. The van der Waals surface area contributed by atoms with Crippen LogP contribution in [0.1, 0.15) is 41.4 Å². The summed E-state index contributed by atoms with van der Waals surface area (Å²) < 4.78 is 43.3. The van der Waals surface area contributed by atoms with Crippen LogP contribution in [0.2, 0.25) is 5.02 Å². The maximum absolute atomic E-state index is 14.7. The lowest BCUT2D eigenvalue weighted by atomic mass is 10.0. The minimum Gasteiger partial charge on any atom is -0.391 e. The van der Waals surface area contributed by atoms with E-state index in [0.717, 1.165) is 43.1 Å². The third-order valence-electron chi connectivity index (χ3n) is 7.37. The first-order valence-corrected chi connectivity index (χ1v) is 13.2. The van der Waals surface area contributed by atoms with Gasteiger partial charge in [-0.25, -0.2) is 28.1 Å². The van der Waals surface area contributed by atoms with Crippen molar-refractivity contribution in [2.45, 2.75) is 38.5 Å². The molecular weight excluding hydrogens is 561 g/mol. The van der Waals surface area contributed by atoms with E-state index in [-0.39, 0.29) is 22.5 Å². The zero-order valence-electron chi connectivity index (χ0n) is 21.6. The maximum Gasteiger partial charge on any atom is 0.275 e. The van der Waals surface area contributed by atoms with Crippen molar-refractivity contribution in [3.05, 3.63) is 77.0 Å². The molecule has 1 amide bonds. The number of halogens is 4. The van der Waals surface area contributed by atoms with Gasteiger partial charge < -0.3 is 15.3 Å². The highest BCUT2D eigenvalue weighted by Gasteiger charge is 2.54. The summed E-state index contributed by atoms with van der Waals surface area (Å²) in [6, 6.07) is 2.07. The van der Waals surface area contributed by atoms with Crippen molar-refractivity contribution in [3.8, 4) is 11.3 Å². The number of piperidine rings is 1. The number of alkyl halides is 2. The van der Waals surface area contributed by atoms with Crippen LogP contribution in [0, 0.1) is 17.7 Å². The first-order chi connectivity index (χ1) is 19.7. The van der Waals surface area contributed by atoms with Crippen LogP contribution in [0.15, 0.2) is 49.3 Å². The van der Waals surface area contributed by atoms with E-state index < -0.39 is 35.4 Å². The molecule has 0 radical (unpaired) electrons.